The van der Waals surface area contributed by atoms with Crippen LogP contribution in [0.2, 0.25) is 0 Å². The van der Waals surface area contributed by atoms with E-state index in [9.17, 15) is 0 Å². The molecule has 2 aliphatic heterocycles. The van der Waals surface area contributed by atoms with Gasteiger partial charge in [0.05, 0.1) is 11.0 Å². The summed E-state index contributed by atoms with van der Waals surface area (Å²) >= 11 is 1.91. The molecule has 4 aliphatic rings. The molecule has 0 N–H and O–H groups in total. The number of nitrogens with zero attached hydrogens (tertiary/aromatic N) is 2. The van der Waals surface area contributed by atoms with Crippen LogP contribution >= 0.6 is 11.3 Å². The average Bonchev–Trinajstić information content (AvgIpc) is 4.32. The highest BCUT2D eigenvalue weighted by molar-refractivity contribution is 7.26. The summed E-state index contributed by atoms with van der Waals surface area (Å²) in [5, 5.41) is 7.55. The Hall–Kier alpha value is -7.34. The highest BCUT2D eigenvalue weighted by Crippen LogP contribution is 2.59. The summed E-state index contributed by atoms with van der Waals surface area (Å²) in [6, 6.07) is 60.9. The van der Waals surface area contributed by atoms with Gasteiger partial charge < -0.3 is 13.8 Å². The van der Waals surface area contributed by atoms with Gasteiger partial charge in [0, 0.05) is 75.3 Å². The molecule has 0 spiro atoms. The summed E-state index contributed by atoms with van der Waals surface area (Å²) < 4.78 is 12.8. The van der Waals surface area contributed by atoms with Crippen LogP contribution < -0.4 is 15.7 Å². The first-order valence-electron chi connectivity index (χ1n) is 26.8. The average molecular weight is 973 g/mol. The highest BCUT2D eigenvalue weighted by atomic mass is 32.1. The second-order valence-corrected chi connectivity index (χ2v) is 26.2. The molecule has 0 atom stereocenters. The van der Waals surface area contributed by atoms with Crippen molar-refractivity contribution in [2.45, 2.75) is 96.8 Å². The lowest BCUT2D eigenvalue weighted by atomic mass is 9.43. The normalized spacial score (nSPS) is 16.6. The van der Waals surface area contributed by atoms with Gasteiger partial charge in [-0.3, -0.25) is 0 Å². The molecule has 12 aromatic rings. The lowest BCUT2D eigenvalue weighted by molar-refractivity contribution is 0.331. The van der Waals surface area contributed by atoms with Crippen LogP contribution in [0.15, 0.2) is 162 Å². The van der Waals surface area contributed by atoms with E-state index in [0.29, 0.717) is 0 Å². The van der Waals surface area contributed by atoms with E-state index in [0.717, 1.165) is 16.6 Å². The van der Waals surface area contributed by atoms with Crippen molar-refractivity contribution in [3.05, 3.63) is 186 Å². The summed E-state index contributed by atoms with van der Waals surface area (Å²) in [7, 11) is 0. The zero-order valence-corrected chi connectivity index (χ0v) is 44.5. The fourth-order valence-corrected chi connectivity index (χ4v) is 15.6. The van der Waals surface area contributed by atoms with Crippen molar-refractivity contribution in [2.24, 2.45) is 0 Å². The van der Waals surface area contributed by atoms with Gasteiger partial charge in [0.15, 0.2) is 0 Å². The molecule has 3 aromatic heterocycles. The number of anilines is 2. The standard InChI is InChI=1S/C69H57BN2OS/c1-66(2,3)40-25-28-54-47(31-40)60-61-43-20-13-15-21-57(43)73-65(61)62-48-32-44-45-33-51-52(68(6,7)30-29-67(51,4)5)35-49(45)69(8,9)50(44)36-55(48)72(41-26-23-39(24-27-41)38-17-11-10-12-18-38)70-53-37-59-46(42-19-14-16-22-58(42)74-59)34-56(53)71(54)64(60)63(62)70/h10-28,31-37H,29-30H2,1-9H3. The van der Waals surface area contributed by atoms with E-state index in [4.69, 9.17) is 4.42 Å². The second-order valence-electron chi connectivity index (χ2n) is 25.1. The van der Waals surface area contributed by atoms with Gasteiger partial charge in [0.1, 0.15) is 11.2 Å². The molecule has 0 radical (unpaired) electrons. The molecule has 5 heteroatoms. The maximum absolute atomic E-state index is 7.48. The Kier molecular flexibility index (Phi) is 8.20. The van der Waals surface area contributed by atoms with Crippen LogP contribution in [0.4, 0.5) is 11.4 Å². The third-order valence-corrected chi connectivity index (χ3v) is 19.7. The van der Waals surface area contributed by atoms with E-state index >= 15 is 0 Å². The molecular weight excluding hydrogens is 916 g/mol. The van der Waals surface area contributed by atoms with Crippen LogP contribution in [-0.4, -0.2) is 11.4 Å². The predicted octanol–water partition coefficient (Wildman–Crippen LogP) is 17.9. The molecule has 74 heavy (non-hydrogen) atoms. The van der Waals surface area contributed by atoms with E-state index in [-0.39, 0.29) is 28.5 Å². The molecule has 3 nitrogen and oxygen atoms in total. The predicted molar refractivity (Wildman–Crippen MR) is 317 cm³/mol. The van der Waals surface area contributed by atoms with Crippen molar-refractivity contribution >= 4 is 104 Å². The van der Waals surface area contributed by atoms with Gasteiger partial charge >= 0.3 is 6.85 Å². The number of thiophene rings is 1. The third-order valence-electron chi connectivity index (χ3n) is 18.6. The Bertz CT molecular complexity index is 4500. The molecule has 9 aromatic carbocycles. The summed E-state index contributed by atoms with van der Waals surface area (Å²) in [6.45, 7) is 21.7. The first-order valence-corrected chi connectivity index (χ1v) is 27.6. The van der Waals surface area contributed by atoms with Gasteiger partial charge in [-0.1, -0.05) is 153 Å². The van der Waals surface area contributed by atoms with E-state index in [2.05, 4.69) is 229 Å². The molecule has 0 bridgehead atoms. The maximum Gasteiger partial charge on any atom is 0.333 e. The van der Waals surface area contributed by atoms with Crippen LogP contribution in [0.5, 0.6) is 0 Å². The van der Waals surface area contributed by atoms with E-state index in [1.165, 1.54) is 149 Å². The number of furan rings is 1. The van der Waals surface area contributed by atoms with E-state index in [1.54, 1.807) is 0 Å². The number of benzene rings is 9. The van der Waals surface area contributed by atoms with Crippen molar-refractivity contribution < 1.29 is 4.42 Å². The van der Waals surface area contributed by atoms with Crippen molar-refractivity contribution in [3.8, 4) is 39.1 Å². The number of aromatic nitrogens is 1. The van der Waals surface area contributed by atoms with Crippen LogP contribution in [0.25, 0.3) is 103 Å². The number of hydrogen-bond acceptors (Lipinski definition) is 3. The first kappa shape index (κ1) is 43.1. The molecular formula is C69H57BN2OS. The zero-order chi connectivity index (χ0) is 50.1. The summed E-state index contributed by atoms with van der Waals surface area (Å²) in [5.41, 5.74) is 25.4. The quantitative estimate of drug-likeness (QED) is 0.161. The molecule has 0 fully saturated rings. The van der Waals surface area contributed by atoms with Crippen LogP contribution in [0, 0.1) is 0 Å². The van der Waals surface area contributed by atoms with Gasteiger partial charge in [0.25, 0.3) is 0 Å². The van der Waals surface area contributed by atoms with Crippen molar-refractivity contribution in [1.82, 2.24) is 4.57 Å². The van der Waals surface area contributed by atoms with Gasteiger partial charge in [-0.25, -0.2) is 0 Å². The largest absolute Gasteiger partial charge is 0.455 e. The third kappa shape index (κ3) is 5.48. The van der Waals surface area contributed by atoms with E-state index < -0.39 is 0 Å². The van der Waals surface area contributed by atoms with Gasteiger partial charge in [0.2, 0.25) is 0 Å². The summed E-state index contributed by atoms with van der Waals surface area (Å²) in [4.78, 5) is 2.73. The maximum atomic E-state index is 7.48. The second kappa shape index (κ2) is 14.1. The van der Waals surface area contributed by atoms with E-state index in [1.807, 2.05) is 11.3 Å². The number of fused-ring (bicyclic) bond motifs is 20. The minimum Gasteiger partial charge on any atom is -0.455 e. The van der Waals surface area contributed by atoms with Gasteiger partial charge in [-0.15, -0.1) is 11.3 Å². The summed E-state index contributed by atoms with van der Waals surface area (Å²) in [6.07, 6.45) is 2.37. The first-order chi connectivity index (χ1) is 35.6. The smallest absolute Gasteiger partial charge is 0.333 e. The highest BCUT2D eigenvalue weighted by Gasteiger charge is 2.49. The fourth-order valence-electron chi connectivity index (χ4n) is 14.5. The molecule has 0 unspecified atom stereocenters. The Morgan fingerprint density at radius 3 is 1.99 bits per heavy atom. The van der Waals surface area contributed by atoms with Crippen LogP contribution in [0.1, 0.15) is 103 Å². The van der Waals surface area contributed by atoms with Gasteiger partial charge in [-0.2, -0.15) is 0 Å². The van der Waals surface area contributed by atoms with Crippen molar-refractivity contribution in [1.29, 1.82) is 0 Å². The van der Waals surface area contributed by atoms with Crippen LogP contribution in [-0.2, 0) is 21.7 Å². The SMILES string of the molecule is CC(C)(C)c1ccc2c(c1)c1c3c(oc4ccccc43)c3c4c1n2-c1cc2c(cc1B4N(c1ccc(-c4ccccc4)cc1)c1cc4c(cc1-3)-c1cc3c(cc1C4(C)C)C(C)(C)CCC3(C)C)sc1ccccc12. The molecule has 16 rings (SSSR count). The topological polar surface area (TPSA) is 21.3 Å². The number of rotatable bonds is 2. The lowest BCUT2D eigenvalue weighted by Crippen LogP contribution is -2.60. The molecule has 0 amide bonds. The summed E-state index contributed by atoms with van der Waals surface area (Å²) in [5.74, 6) is 0. The Labute approximate surface area is 437 Å². The molecule has 0 saturated heterocycles. The molecule has 2 aliphatic carbocycles. The minimum absolute atomic E-state index is 0.0485. The number of para-hydroxylation sites is 1. The van der Waals surface area contributed by atoms with Crippen molar-refractivity contribution in [3.63, 3.8) is 0 Å². The Morgan fingerprint density at radius 2 is 1.22 bits per heavy atom. The Morgan fingerprint density at radius 1 is 0.541 bits per heavy atom. The zero-order valence-electron chi connectivity index (χ0n) is 43.7. The molecule has 0 saturated carbocycles. The van der Waals surface area contributed by atoms with Gasteiger partial charge in [-0.05, 0) is 157 Å². The van der Waals surface area contributed by atoms with Crippen LogP contribution in [0.3, 0.4) is 0 Å². The monoisotopic (exact) mass is 972 g/mol. The van der Waals surface area contributed by atoms with Crippen molar-refractivity contribution in [2.75, 3.05) is 4.81 Å². The minimum atomic E-state index is -0.237. The number of hydrogen-bond donors (Lipinski definition) is 0. The molecule has 5 heterocycles. The molecule has 358 valence electrons. The fraction of sp³-hybridized carbons (Fsp3) is 0.217. The Balaban J connectivity index is 1.10. The lowest BCUT2D eigenvalue weighted by Gasteiger charge is -2.42.